The summed E-state index contributed by atoms with van der Waals surface area (Å²) in [7, 11) is 0. The molecule has 0 radical (unpaired) electrons. The van der Waals surface area contributed by atoms with Crippen LogP contribution in [-0.2, 0) is 6.42 Å². The Bertz CT molecular complexity index is 334. The largest absolute Gasteiger partial charge is 0.494 e. The molecule has 0 aliphatic heterocycles. The molecule has 0 bridgehead atoms. The van der Waals surface area contributed by atoms with Gasteiger partial charge in [0.15, 0.2) is 0 Å². The van der Waals surface area contributed by atoms with Gasteiger partial charge in [-0.05, 0) is 38.3 Å². The van der Waals surface area contributed by atoms with Crippen molar-refractivity contribution in [3.05, 3.63) is 29.8 Å². The van der Waals surface area contributed by atoms with E-state index in [1.165, 1.54) is 0 Å². The second kappa shape index (κ2) is 6.06. The highest BCUT2D eigenvalue weighted by Gasteiger charge is 2.02. The predicted octanol–water partition coefficient (Wildman–Crippen LogP) is 2.87. The van der Waals surface area contributed by atoms with Crippen molar-refractivity contribution in [1.29, 1.82) is 0 Å². The first-order valence-electron chi connectivity index (χ1n) is 5.16. The number of aryl methyl sites for hydroxylation is 1. The van der Waals surface area contributed by atoms with E-state index in [0.29, 0.717) is 6.61 Å². The molecular formula is C12H17NO2. The Morgan fingerprint density at radius 3 is 2.80 bits per heavy atom. The molecule has 1 aromatic rings. The average molecular weight is 207 g/mol. The number of para-hydroxylation sites is 1. The zero-order chi connectivity index (χ0) is 11.1. The molecule has 3 nitrogen and oxygen atoms in total. The van der Waals surface area contributed by atoms with Crippen molar-refractivity contribution in [2.24, 2.45) is 5.16 Å². The Morgan fingerprint density at radius 1 is 1.40 bits per heavy atom. The Kier molecular flexibility index (Phi) is 4.68. The van der Waals surface area contributed by atoms with Crippen LogP contribution in [-0.4, -0.2) is 17.5 Å². The molecule has 82 valence electrons. The first-order valence-corrected chi connectivity index (χ1v) is 5.16. The first-order chi connectivity index (χ1) is 7.27. The van der Waals surface area contributed by atoms with Gasteiger partial charge in [-0.2, -0.15) is 0 Å². The van der Waals surface area contributed by atoms with Gasteiger partial charge in [0.2, 0.25) is 0 Å². The molecule has 0 aromatic heterocycles. The van der Waals surface area contributed by atoms with Gasteiger partial charge in [-0.1, -0.05) is 23.4 Å². The summed E-state index contributed by atoms with van der Waals surface area (Å²) in [6, 6.07) is 7.95. The van der Waals surface area contributed by atoms with Crippen LogP contribution in [0.2, 0.25) is 0 Å². The van der Waals surface area contributed by atoms with E-state index in [1.807, 2.05) is 38.1 Å². The number of rotatable bonds is 5. The summed E-state index contributed by atoms with van der Waals surface area (Å²) in [4.78, 5) is 0. The number of ether oxygens (including phenoxy) is 1. The summed E-state index contributed by atoms with van der Waals surface area (Å²) in [6.07, 6.45) is 1.59. The molecular weight excluding hydrogens is 190 g/mol. The summed E-state index contributed by atoms with van der Waals surface area (Å²) < 4.78 is 5.50. The highest BCUT2D eigenvalue weighted by Crippen LogP contribution is 2.19. The molecule has 1 aromatic carbocycles. The van der Waals surface area contributed by atoms with E-state index in [1.54, 1.807) is 0 Å². The van der Waals surface area contributed by atoms with Crippen LogP contribution in [0.5, 0.6) is 5.75 Å². The van der Waals surface area contributed by atoms with Crippen molar-refractivity contribution in [2.45, 2.75) is 26.7 Å². The van der Waals surface area contributed by atoms with E-state index in [4.69, 9.17) is 9.94 Å². The van der Waals surface area contributed by atoms with E-state index in [-0.39, 0.29) is 0 Å². The fraction of sp³-hybridized carbons (Fsp3) is 0.417. The van der Waals surface area contributed by atoms with E-state index in [9.17, 15) is 0 Å². The molecule has 0 saturated heterocycles. The van der Waals surface area contributed by atoms with Gasteiger partial charge in [0.05, 0.1) is 12.3 Å². The molecule has 0 spiro atoms. The standard InChI is InChI=1S/C12H17NO2/c1-3-15-12-7-5-4-6-11(12)9-8-10(2)13-14/h4-7,14H,3,8-9H2,1-2H3/b13-10+. The summed E-state index contributed by atoms with van der Waals surface area (Å²) in [6.45, 7) is 4.45. The zero-order valence-electron chi connectivity index (χ0n) is 9.23. The van der Waals surface area contributed by atoms with Gasteiger partial charge in [0.1, 0.15) is 5.75 Å². The van der Waals surface area contributed by atoms with Crippen LogP contribution in [0.1, 0.15) is 25.8 Å². The van der Waals surface area contributed by atoms with E-state index < -0.39 is 0 Å². The zero-order valence-corrected chi connectivity index (χ0v) is 9.23. The number of oxime groups is 1. The van der Waals surface area contributed by atoms with E-state index >= 15 is 0 Å². The highest BCUT2D eigenvalue weighted by molar-refractivity contribution is 5.81. The molecule has 0 fully saturated rings. The second-order valence-electron chi connectivity index (χ2n) is 3.38. The lowest BCUT2D eigenvalue weighted by atomic mass is 10.1. The topological polar surface area (TPSA) is 41.8 Å². The monoisotopic (exact) mass is 207 g/mol. The summed E-state index contributed by atoms with van der Waals surface area (Å²) in [5.74, 6) is 0.922. The van der Waals surface area contributed by atoms with Crippen LogP contribution in [0.25, 0.3) is 0 Å². The van der Waals surface area contributed by atoms with Gasteiger partial charge in [0.25, 0.3) is 0 Å². The molecule has 0 aliphatic carbocycles. The van der Waals surface area contributed by atoms with E-state index in [0.717, 1.165) is 29.9 Å². The molecule has 0 atom stereocenters. The van der Waals surface area contributed by atoms with Crippen LogP contribution in [0.15, 0.2) is 29.4 Å². The molecule has 15 heavy (non-hydrogen) atoms. The Morgan fingerprint density at radius 2 is 2.13 bits per heavy atom. The van der Waals surface area contributed by atoms with Crippen LogP contribution in [0.3, 0.4) is 0 Å². The van der Waals surface area contributed by atoms with Crippen LogP contribution >= 0.6 is 0 Å². The SMILES string of the molecule is CCOc1ccccc1CC/C(C)=N/O. The van der Waals surface area contributed by atoms with Crippen molar-refractivity contribution in [1.82, 2.24) is 0 Å². The number of benzene rings is 1. The smallest absolute Gasteiger partial charge is 0.122 e. The van der Waals surface area contributed by atoms with Crippen LogP contribution in [0, 0.1) is 0 Å². The quantitative estimate of drug-likeness (QED) is 0.458. The first kappa shape index (κ1) is 11.6. The van der Waals surface area contributed by atoms with Crippen molar-refractivity contribution in [3.8, 4) is 5.75 Å². The van der Waals surface area contributed by atoms with Gasteiger partial charge in [-0.3, -0.25) is 0 Å². The number of hydrogen-bond acceptors (Lipinski definition) is 3. The van der Waals surface area contributed by atoms with Crippen molar-refractivity contribution in [2.75, 3.05) is 6.61 Å². The molecule has 1 rings (SSSR count). The van der Waals surface area contributed by atoms with Crippen LogP contribution in [0.4, 0.5) is 0 Å². The molecule has 1 N–H and O–H groups in total. The molecule has 3 heteroatoms. The molecule has 0 saturated carbocycles. The van der Waals surface area contributed by atoms with Gasteiger partial charge in [-0.15, -0.1) is 0 Å². The lowest BCUT2D eigenvalue weighted by molar-refractivity contribution is 0.317. The molecule has 0 unspecified atom stereocenters. The maximum atomic E-state index is 8.54. The number of hydrogen-bond donors (Lipinski definition) is 1. The van der Waals surface area contributed by atoms with Gasteiger partial charge >= 0.3 is 0 Å². The fourth-order valence-corrected chi connectivity index (χ4v) is 1.37. The van der Waals surface area contributed by atoms with E-state index in [2.05, 4.69) is 5.16 Å². The third-order valence-electron chi connectivity index (χ3n) is 2.20. The highest BCUT2D eigenvalue weighted by atomic mass is 16.5. The van der Waals surface area contributed by atoms with Crippen molar-refractivity contribution < 1.29 is 9.94 Å². The summed E-state index contributed by atoms with van der Waals surface area (Å²) >= 11 is 0. The van der Waals surface area contributed by atoms with Crippen molar-refractivity contribution >= 4 is 5.71 Å². The minimum Gasteiger partial charge on any atom is -0.494 e. The molecule has 0 amide bonds. The molecule has 0 aliphatic rings. The van der Waals surface area contributed by atoms with Gasteiger partial charge in [0, 0.05) is 0 Å². The van der Waals surface area contributed by atoms with Gasteiger partial charge < -0.3 is 9.94 Å². The molecule has 0 heterocycles. The third kappa shape index (κ3) is 3.62. The maximum Gasteiger partial charge on any atom is 0.122 e. The van der Waals surface area contributed by atoms with Crippen molar-refractivity contribution in [3.63, 3.8) is 0 Å². The maximum absolute atomic E-state index is 8.54. The lowest BCUT2D eigenvalue weighted by Gasteiger charge is -2.09. The minimum absolute atomic E-state index is 0.671. The predicted molar refractivity (Wildman–Crippen MR) is 60.8 cm³/mol. The Labute approximate surface area is 90.4 Å². The summed E-state index contributed by atoms with van der Waals surface area (Å²) in [5, 5.41) is 11.7. The normalized spacial score (nSPS) is 11.5. The third-order valence-corrected chi connectivity index (χ3v) is 2.20. The Hall–Kier alpha value is -1.51. The average Bonchev–Trinajstić information content (AvgIpc) is 2.28. The lowest BCUT2D eigenvalue weighted by Crippen LogP contribution is -1.99. The number of nitrogens with zero attached hydrogens (tertiary/aromatic N) is 1. The Balaban J connectivity index is 2.66. The summed E-state index contributed by atoms with van der Waals surface area (Å²) in [5.41, 5.74) is 1.89. The van der Waals surface area contributed by atoms with Gasteiger partial charge in [-0.25, -0.2) is 0 Å². The second-order valence-corrected chi connectivity index (χ2v) is 3.38. The minimum atomic E-state index is 0.671. The fourth-order valence-electron chi connectivity index (χ4n) is 1.37. The van der Waals surface area contributed by atoms with Crippen LogP contribution < -0.4 is 4.74 Å².